The zero-order valence-corrected chi connectivity index (χ0v) is 8.67. The Morgan fingerprint density at radius 2 is 2.23 bits per heavy atom. The largest absolute Gasteiger partial charge is 0.300 e. The van der Waals surface area contributed by atoms with E-state index in [2.05, 4.69) is 20.9 Å². The molecule has 0 radical (unpaired) electrons. The average Bonchev–Trinajstić information content (AvgIpc) is 2.03. The van der Waals surface area contributed by atoms with Gasteiger partial charge in [0.1, 0.15) is 10.4 Å². The van der Waals surface area contributed by atoms with Gasteiger partial charge in [0.25, 0.3) is 0 Å². The third kappa shape index (κ3) is 2.73. The van der Waals surface area contributed by atoms with Gasteiger partial charge in [-0.2, -0.15) is 0 Å². The second-order valence-corrected chi connectivity index (χ2v) is 3.39. The molecule has 0 N–H and O–H groups in total. The number of pyridine rings is 1. The number of carbonyl (C=O) groups excluding carboxylic acids is 2. The fraction of sp³-hybridized carbons (Fsp3) is 0.222. The van der Waals surface area contributed by atoms with E-state index in [-0.39, 0.29) is 18.0 Å². The predicted molar refractivity (Wildman–Crippen MR) is 51.6 cm³/mol. The maximum absolute atomic E-state index is 11.4. The molecule has 0 bridgehead atoms. The van der Waals surface area contributed by atoms with Crippen molar-refractivity contribution in [1.29, 1.82) is 0 Å². The third-order valence-corrected chi connectivity index (χ3v) is 2.10. The van der Waals surface area contributed by atoms with E-state index in [0.29, 0.717) is 10.2 Å². The van der Waals surface area contributed by atoms with Crippen LogP contribution in [0.3, 0.4) is 0 Å². The highest BCUT2D eigenvalue weighted by atomic mass is 79.9. The lowest BCUT2D eigenvalue weighted by Gasteiger charge is -1.99. The van der Waals surface area contributed by atoms with Crippen LogP contribution >= 0.6 is 15.9 Å². The summed E-state index contributed by atoms with van der Waals surface area (Å²) in [6.07, 6.45) is 1.51. The zero-order chi connectivity index (χ0) is 9.84. The van der Waals surface area contributed by atoms with Crippen molar-refractivity contribution in [2.24, 2.45) is 0 Å². The Hall–Kier alpha value is -1.03. The Balaban J connectivity index is 2.89. The standard InChI is InChI=1S/C9H8BrNO2/c1-6(12)5-8(13)7-3-2-4-11-9(7)10/h2-4H,5H2,1H3. The number of hydrogen-bond donors (Lipinski definition) is 0. The first-order valence-corrected chi connectivity index (χ1v) is 4.53. The molecule has 1 aromatic rings. The first kappa shape index (κ1) is 10.1. The third-order valence-electron chi connectivity index (χ3n) is 1.47. The van der Waals surface area contributed by atoms with Gasteiger partial charge in [-0.15, -0.1) is 0 Å². The molecule has 0 amide bonds. The minimum Gasteiger partial charge on any atom is -0.300 e. The molecule has 0 aliphatic heterocycles. The highest BCUT2D eigenvalue weighted by molar-refractivity contribution is 9.10. The molecule has 0 atom stereocenters. The van der Waals surface area contributed by atoms with Crippen molar-refractivity contribution in [3.63, 3.8) is 0 Å². The second kappa shape index (κ2) is 4.28. The molecule has 0 spiro atoms. The Bertz CT molecular complexity index is 349. The normalized spacial score (nSPS) is 9.69. The van der Waals surface area contributed by atoms with E-state index in [0.717, 1.165) is 0 Å². The Morgan fingerprint density at radius 1 is 1.54 bits per heavy atom. The Morgan fingerprint density at radius 3 is 2.77 bits per heavy atom. The molecule has 0 aliphatic carbocycles. The van der Waals surface area contributed by atoms with Gasteiger partial charge in [0, 0.05) is 6.20 Å². The highest BCUT2D eigenvalue weighted by Crippen LogP contribution is 2.14. The van der Waals surface area contributed by atoms with Crippen molar-refractivity contribution >= 4 is 27.5 Å². The van der Waals surface area contributed by atoms with E-state index in [1.54, 1.807) is 18.3 Å². The molecule has 1 heterocycles. The Kier molecular flexibility index (Phi) is 3.31. The number of aromatic nitrogens is 1. The van der Waals surface area contributed by atoms with E-state index in [9.17, 15) is 9.59 Å². The van der Waals surface area contributed by atoms with Crippen molar-refractivity contribution in [2.45, 2.75) is 13.3 Å². The SMILES string of the molecule is CC(=O)CC(=O)c1cccnc1Br. The van der Waals surface area contributed by atoms with Crippen molar-refractivity contribution in [1.82, 2.24) is 4.98 Å². The summed E-state index contributed by atoms with van der Waals surface area (Å²) in [5.74, 6) is -0.340. The molecule has 4 heteroatoms. The van der Waals surface area contributed by atoms with Crippen LogP contribution in [-0.2, 0) is 4.79 Å². The van der Waals surface area contributed by atoms with Crippen LogP contribution in [0.25, 0.3) is 0 Å². The molecule has 0 fully saturated rings. The fourth-order valence-corrected chi connectivity index (χ4v) is 1.39. The second-order valence-electron chi connectivity index (χ2n) is 2.64. The van der Waals surface area contributed by atoms with Gasteiger partial charge in [0.2, 0.25) is 0 Å². The van der Waals surface area contributed by atoms with Gasteiger partial charge in [0.05, 0.1) is 12.0 Å². The summed E-state index contributed by atoms with van der Waals surface area (Å²) in [6.45, 7) is 1.39. The molecule has 0 saturated heterocycles. The summed E-state index contributed by atoms with van der Waals surface area (Å²) in [7, 11) is 0. The number of halogens is 1. The van der Waals surface area contributed by atoms with Gasteiger partial charge in [-0.1, -0.05) is 0 Å². The molecule has 0 aromatic carbocycles. The first-order valence-electron chi connectivity index (χ1n) is 3.74. The van der Waals surface area contributed by atoms with Crippen LogP contribution in [0.1, 0.15) is 23.7 Å². The molecule has 0 unspecified atom stereocenters. The molecule has 3 nitrogen and oxygen atoms in total. The van der Waals surface area contributed by atoms with Crippen molar-refractivity contribution in [3.05, 3.63) is 28.5 Å². The summed E-state index contributed by atoms with van der Waals surface area (Å²) in [5, 5.41) is 0. The zero-order valence-electron chi connectivity index (χ0n) is 7.08. The number of nitrogens with zero attached hydrogens (tertiary/aromatic N) is 1. The summed E-state index contributed by atoms with van der Waals surface area (Å²) in [5.41, 5.74) is 0.456. The van der Waals surface area contributed by atoms with E-state index < -0.39 is 0 Å². The number of carbonyl (C=O) groups is 2. The quantitative estimate of drug-likeness (QED) is 0.462. The molecule has 0 saturated carbocycles. The van der Waals surface area contributed by atoms with Crippen LogP contribution in [0.2, 0.25) is 0 Å². The van der Waals surface area contributed by atoms with Crippen LogP contribution in [0.15, 0.2) is 22.9 Å². The van der Waals surface area contributed by atoms with Crippen molar-refractivity contribution < 1.29 is 9.59 Å². The fourth-order valence-electron chi connectivity index (χ4n) is 0.915. The van der Waals surface area contributed by atoms with Gasteiger partial charge in [-0.05, 0) is 35.0 Å². The lowest BCUT2D eigenvalue weighted by molar-refractivity contribution is -0.116. The van der Waals surface area contributed by atoms with E-state index in [1.165, 1.54) is 6.92 Å². The summed E-state index contributed by atoms with van der Waals surface area (Å²) in [6, 6.07) is 3.31. The molecule has 68 valence electrons. The van der Waals surface area contributed by atoms with Crippen molar-refractivity contribution in [3.8, 4) is 0 Å². The van der Waals surface area contributed by atoms with Gasteiger partial charge in [-0.3, -0.25) is 9.59 Å². The maximum Gasteiger partial charge on any atom is 0.172 e. The minimum atomic E-state index is -0.201. The molecular formula is C9H8BrNO2. The minimum absolute atomic E-state index is 0.0652. The molecule has 1 rings (SSSR count). The molecule has 0 aliphatic rings. The van der Waals surface area contributed by atoms with E-state index in [4.69, 9.17) is 0 Å². The number of hydrogen-bond acceptors (Lipinski definition) is 3. The topological polar surface area (TPSA) is 47.0 Å². The Labute approximate surface area is 84.3 Å². The number of Topliss-reactive ketones (excluding diaryl/α,β-unsaturated/α-hetero) is 2. The average molecular weight is 242 g/mol. The lowest BCUT2D eigenvalue weighted by atomic mass is 10.1. The predicted octanol–water partition coefficient (Wildman–Crippen LogP) is 2.01. The molecular weight excluding hydrogens is 234 g/mol. The summed E-state index contributed by atoms with van der Waals surface area (Å²) >= 11 is 3.14. The van der Waals surface area contributed by atoms with Gasteiger partial charge in [0.15, 0.2) is 5.78 Å². The maximum atomic E-state index is 11.4. The summed E-state index contributed by atoms with van der Waals surface area (Å²) in [4.78, 5) is 26.0. The monoisotopic (exact) mass is 241 g/mol. The number of ketones is 2. The van der Waals surface area contributed by atoms with Crippen LogP contribution in [0.4, 0.5) is 0 Å². The van der Waals surface area contributed by atoms with Gasteiger partial charge >= 0.3 is 0 Å². The van der Waals surface area contributed by atoms with Crippen molar-refractivity contribution in [2.75, 3.05) is 0 Å². The van der Waals surface area contributed by atoms with Crippen LogP contribution in [0.5, 0.6) is 0 Å². The highest BCUT2D eigenvalue weighted by Gasteiger charge is 2.11. The molecule has 1 aromatic heterocycles. The lowest BCUT2D eigenvalue weighted by Crippen LogP contribution is -2.06. The van der Waals surface area contributed by atoms with Gasteiger partial charge < -0.3 is 0 Å². The van der Waals surface area contributed by atoms with Crippen LogP contribution in [0, 0.1) is 0 Å². The van der Waals surface area contributed by atoms with Crippen LogP contribution in [-0.4, -0.2) is 16.6 Å². The van der Waals surface area contributed by atoms with Gasteiger partial charge in [-0.25, -0.2) is 4.98 Å². The van der Waals surface area contributed by atoms with Crippen LogP contribution < -0.4 is 0 Å². The smallest absolute Gasteiger partial charge is 0.172 e. The van der Waals surface area contributed by atoms with E-state index in [1.807, 2.05) is 0 Å². The first-order chi connectivity index (χ1) is 6.11. The number of rotatable bonds is 3. The molecule has 13 heavy (non-hydrogen) atoms. The van der Waals surface area contributed by atoms with E-state index >= 15 is 0 Å². The summed E-state index contributed by atoms with van der Waals surface area (Å²) < 4.78 is 0.487.